The van der Waals surface area contributed by atoms with E-state index in [0.717, 1.165) is 0 Å². The molecule has 1 aliphatic heterocycles. The Morgan fingerprint density at radius 1 is 1.27 bits per heavy atom. The minimum Gasteiger partial charge on any atom is -0.366 e. The van der Waals surface area contributed by atoms with Gasteiger partial charge in [0.15, 0.2) is 0 Å². The second-order valence-electron chi connectivity index (χ2n) is 5.43. The van der Waals surface area contributed by atoms with Crippen molar-refractivity contribution in [3.05, 3.63) is 0 Å². The summed E-state index contributed by atoms with van der Waals surface area (Å²) < 4.78 is 5.88. The van der Waals surface area contributed by atoms with Gasteiger partial charge in [-0.2, -0.15) is 0 Å². The molecule has 4 heteroatoms. The van der Waals surface area contributed by atoms with Crippen molar-refractivity contribution < 1.29 is 9.53 Å². The Bertz CT molecular complexity index is 245. The van der Waals surface area contributed by atoms with E-state index in [1.165, 1.54) is 0 Å². The van der Waals surface area contributed by atoms with E-state index in [4.69, 9.17) is 16.3 Å². The van der Waals surface area contributed by atoms with Crippen molar-refractivity contribution in [2.24, 2.45) is 0 Å². The highest BCUT2D eigenvalue weighted by molar-refractivity contribution is 6.30. The highest BCUT2D eigenvalue weighted by atomic mass is 35.5. The van der Waals surface area contributed by atoms with E-state index in [2.05, 4.69) is 0 Å². The second-order valence-corrected chi connectivity index (χ2v) is 6.09. The van der Waals surface area contributed by atoms with E-state index in [-0.39, 0.29) is 17.1 Å². The van der Waals surface area contributed by atoms with Crippen LogP contribution < -0.4 is 0 Å². The van der Waals surface area contributed by atoms with Gasteiger partial charge in [0.2, 0.25) is 5.91 Å². The Morgan fingerprint density at radius 3 is 2.00 bits per heavy atom. The quantitative estimate of drug-likeness (QED) is 0.649. The Kier molecular flexibility index (Phi) is 3.36. The molecule has 1 aliphatic rings. The van der Waals surface area contributed by atoms with Crippen molar-refractivity contribution >= 4 is 17.5 Å². The first kappa shape index (κ1) is 12.8. The number of hydrogen-bond acceptors (Lipinski definition) is 2. The van der Waals surface area contributed by atoms with Crippen LogP contribution in [-0.2, 0) is 9.53 Å². The van der Waals surface area contributed by atoms with Gasteiger partial charge in [-0.25, -0.2) is 0 Å². The topological polar surface area (TPSA) is 29.5 Å². The fraction of sp³-hybridized carbons (Fsp3) is 0.909. The normalized spacial score (nSPS) is 26.1. The van der Waals surface area contributed by atoms with Crippen LogP contribution in [0.5, 0.6) is 0 Å². The zero-order valence-electron chi connectivity index (χ0n) is 10.1. The third-order valence-electron chi connectivity index (χ3n) is 2.35. The lowest BCUT2D eigenvalue weighted by Gasteiger charge is -2.47. The number of hydrogen-bond donors (Lipinski definition) is 0. The van der Waals surface area contributed by atoms with Gasteiger partial charge < -0.3 is 9.64 Å². The minimum atomic E-state index is -0.463. The Labute approximate surface area is 96.7 Å². The van der Waals surface area contributed by atoms with Crippen molar-refractivity contribution in [2.75, 3.05) is 13.1 Å². The number of carbonyl (C=O) groups excluding carboxylic acids is 1. The molecule has 0 aromatic carbocycles. The first-order chi connectivity index (χ1) is 6.63. The lowest BCUT2D eigenvalue weighted by molar-refractivity contribution is -0.187. The average Bonchev–Trinajstić information content (AvgIpc) is 1.96. The molecule has 1 fully saturated rings. The third kappa shape index (κ3) is 3.35. The van der Waals surface area contributed by atoms with Gasteiger partial charge in [0.05, 0.1) is 11.2 Å². The number of rotatable bonds is 1. The summed E-state index contributed by atoms with van der Waals surface area (Å²) in [7, 11) is 0. The van der Waals surface area contributed by atoms with Crippen LogP contribution in [0.1, 0.15) is 34.6 Å². The SMILES string of the molecule is CC(Cl)C(=O)N1CC(C)(C)OC(C)(C)C1. The summed E-state index contributed by atoms with van der Waals surface area (Å²) in [5.41, 5.74) is -0.605. The molecular formula is C11H20ClNO2. The first-order valence-electron chi connectivity index (χ1n) is 5.26. The summed E-state index contributed by atoms with van der Waals surface area (Å²) in [5.74, 6) is -0.0129. The summed E-state index contributed by atoms with van der Waals surface area (Å²) in [6.45, 7) is 10.9. The van der Waals surface area contributed by atoms with E-state index in [0.29, 0.717) is 13.1 Å². The van der Waals surface area contributed by atoms with Gasteiger partial charge in [-0.15, -0.1) is 11.6 Å². The van der Waals surface area contributed by atoms with E-state index >= 15 is 0 Å². The van der Waals surface area contributed by atoms with Gasteiger partial charge >= 0.3 is 0 Å². The van der Waals surface area contributed by atoms with Crippen LogP contribution in [0.2, 0.25) is 0 Å². The molecule has 1 unspecified atom stereocenters. The van der Waals surface area contributed by atoms with Crippen LogP contribution in [0.3, 0.4) is 0 Å². The molecule has 0 aromatic rings. The highest BCUT2D eigenvalue weighted by Crippen LogP contribution is 2.28. The Hall–Kier alpha value is -0.280. The van der Waals surface area contributed by atoms with Crippen LogP contribution in [0.15, 0.2) is 0 Å². The second kappa shape index (κ2) is 3.95. The van der Waals surface area contributed by atoms with E-state index in [1.54, 1.807) is 11.8 Å². The van der Waals surface area contributed by atoms with Gasteiger partial charge in [-0.05, 0) is 34.6 Å². The number of alkyl halides is 1. The Morgan fingerprint density at radius 2 is 1.67 bits per heavy atom. The lowest BCUT2D eigenvalue weighted by atomic mass is 9.98. The maximum atomic E-state index is 11.8. The summed E-state index contributed by atoms with van der Waals surface area (Å²) in [5, 5.41) is -0.463. The largest absolute Gasteiger partial charge is 0.366 e. The van der Waals surface area contributed by atoms with Gasteiger partial charge in [-0.3, -0.25) is 4.79 Å². The number of ether oxygens (including phenoxy) is 1. The van der Waals surface area contributed by atoms with Crippen molar-refractivity contribution in [2.45, 2.75) is 51.2 Å². The van der Waals surface area contributed by atoms with Crippen LogP contribution in [0, 0.1) is 0 Å². The number of halogens is 1. The fourth-order valence-corrected chi connectivity index (χ4v) is 2.33. The molecule has 0 aromatic heterocycles. The number of amides is 1. The van der Waals surface area contributed by atoms with E-state index in [9.17, 15) is 4.79 Å². The zero-order valence-corrected chi connectivity index (χ0v) is 10.9. The maximum absolute atomic E-state index is 11.8. The molecule has 0 bridgehead atoms. The summed E-state index contributed by atoms with van der Waals surface area (Å²) in [6.07, 6.45) is 0. The first-order valence-corrected chi connectivity index (χ1v) is 5.70. The zero-order chi connectivity index (χ0) is 11.9. The van der Waals surface area contributed by atoms with Gasteiger partial charge in [0, 0.05) is 13.1 Å². The maximum Gasteiger partial charge on any atom is 0.240 e. The molecule has 0 saturated carbocycles. The summed E-state index contributed by atoms with van der Waals surface area (Å²) >= 11 is 5.82. The molecule has 0 aliphatic carbocycles. The van der Waals surface area contributed by atoms with Crippen LogP contribution >= 0.6 is 11.6 Å². The molecule has 0 radical (unpaired) electrons. The molecule has 1 atom stereocenters. The van der Waals surface area contributed by atoms with Crippen LogP contribution in [0.4, 0.5) is 0 Å². The number of morpholine rings is 1. The van der Waals surface area contributed by atoms with E-state index < -0.39 is 5.38 Å². The van der Waals surface area contributed by atoms with Crippen molar-refractivity contribution in [3.8, 4) is 0 Å². The smallest absolute Gasteiger partial charge is 0.240 e. The van der Waals surface area contributed by atoms with Gasteiger partial charge in [0.25, 0.3) is 0 Å². The van der Waals surface area contributed by atoms with Crippen LogP contribution in [0.25, 0.3) is 0 Å². The molecule has 1 rings (SSSR count). The molecule has 3 nitrogen and oxygen atoms in total. The molecular weight excluding hydrogens is 214 g/mol. The summed E-state index contributed by atoms with van der Waals surface area (Å²) in [6, 6.07) is 0. The molecule has 0 spiro atoms. The predicted octanol–water partition coefficient (Wildman–Crippen LogP) is 2.03. The monoisotopic (exact) mass is 233 g/mol. The van der Waals surface area contributed by atoms with Crippen molar-refractivity contribution in [1.29, 1.82) is 0 Å². The minimum absolute atomic E-state index is 0.0129. The standard InChI is InChI=1S/C11H20ClNO2/c1-8(12)9(14)13-6-10(2,3)15-11(4,5)7-13/h8H,6-7H2,1-5H3. The molecule has 15 heavy (non-hydrogen) atoms. The molecule has 1 amide bonds. The molecule has 88 valence electrons. The molecule has 1 heterocycles. The lowest BCUT2D eigenvalue weighted by Crippen LogP contribution is -2.59. The van der Waals surface area contributed by atoms with Gasteiger partial charge in [0.1, 0.15) is 5.38 Å². The predicted molar refractivity (Wildman–Crippen MR) is 61.1 cm³/mol. The highest BCUT2D eigenvalue weighted by Gasteiger charge is 2.40. The average molecular weight is 234 g/mol. The van der Waals surface area contributed by atoms with Crippen molar-refractivity contribution in [1.82, 2.24) is 4.90 Å². The summed E-state index contributed by atoms with van der Waals surface area (Å²) in [4.78, 5) is 13.6. The van der Waals surface area contributed by atoms with E-state index in [1.807, 2.05) is 27.7 Å². The van der Waals surface area contributed by atoms with Crippen LogP contribution in [-0.4, -0.2) is 40.5 Å². The third-order valence-corrected chi connectivity index (χ3v) is 2.53. The number of carbonyl (C=O) groups is 1. The molecule has 0 N–H and O–H groups in total. The fourth-order valence-electron chi connectivity index (χ4n) is 2.20. The van der Waals surface area contributed by atoms with Gasteiger partial charge in [-0.1, -0.05) is 0 Å². The van der Waals surface area contributed by atoms with Crippen molar-refractivity contribution in [3.63, 3.8) is 0 Å². The number of nitrogens with zero attached hydrogens (tertiary/aromatic N) is 1. The molecule has 1 saturated heterocycles. The Balaban J connectivity index is 2.80.